The maximum atomic E-state index is 10.8. The summed E-state index contributed by atoms with van der Waals surface area (Å²) in [5, 5.41) is 8.85. The van der Waals surface area contributed by atoms with E-state index in [1.807, 2.05) is 25.9 Å². The zero-order valence-electron chi connectivity index (χ0n) is 11.2. The third-order valence-corrected chi connectivity index (χ3v) is 2.74. The molecule has 0 aliphatic rings. The van der Waals surface area contributed by atoms with Gasteiger partial charge in [-0.2, -0.15) is 0 Å². The summed E-state index contributed by atoms with van der Waals surface area (Å²) < 4.78 is 5.62. The minimum atomic E-state index is -0.941. The normalized spacial score (nSPS) is 10.9. The molecule has 0 bridgehead atoms. The molecule has 0 unspecified atom stereocenters. The lowest BCUT2D eigenvalue weighted by atomic mass is 10.1. The minimum absolute atomic E-state index is 0.251. The van der Waals surface area contributed by atoms with Crippen molar-refractivity contribution in [3.8, 4) is 11.5 Å². The second-order valence-electron chi connectivity index (χ2n) is 4.64. The van der Waals surface area contributed by atoms with Crippen LogP contribution in [-0.4, -0.2) is 35.1 Å². The second kappa shape index (κ2) is 5.24. The number of hydrogen-bond acceptors (Lipinski definition) is 4. The summed E-state index contributed by atoms with van der Waals surface area (Å²) in [6, 6.07) is 6.49. The molecule has 19 heavy (non-hydrogen) atoms. The first-order valence-electron chi connectivity index (χ1n) is 5.92. The highest BCUT2D eigenvalue weighted by Crippen LogP contribution is 2.22. The smallest absolute Gasteiger partial charge is 0.335 e. The lowest BCUT2D eigenvalue weighted by molar-refractivity contribution is 0.0697. The number of rotatable bonds is 4. The zero-order valence-corrected chi connectivity index (χ0v) is 11.2. The number of carbonyl (C=O) groups is 1. The number of carboxylic acid groups (broad SMARTS) is 1. The van der Waals surface area contributed by atoms with E-state index in [2.05, 4.69) is 4.98 Å². The third kappa shape index (κ3) is 3.00. The molecule has 0 aliphatic heterocycles. The summed E-state index contributed by atoms with van der Waals surface area (Å²) in [4.78, 5) is 17.2. The summed E-state index contributed by atoms with van der Waals surface area (Å²) in [6.45, 7) is 2.59. The molecule has 100 valence electrons. The number of aromatic carboxylic acids is 1. The zero-order chi connectivity index (χ0) is 14.0. The highest BCUT2D eigenvalue weighted by Gasteiger charge is 2.12. The highest BCUT2D eigenvalue weighted by atomic mass is 16.4. The first kappa shape index (κ1) is 13.3. The molecule has 5 nitrogen and oxygen atoms in total. The molecule has 1 heterocycles. The lowest BCUT2D eigenvalue weighted by Crippen LogP contribution is -2.11. The van der Waals surface area contributed by atoms with E-state index >= 15 is 0 Å². The molecule has 0 aliphatic carbocycles. The largest absolute Gasteiger partial charge is 0.478 e. The van der Waals surface area contributed by atoms with Gasteiger partial charge in [-0.3, -0.25) is 0 Å². The summed E-state index contributed by atoms with van der Waals surface area (Å²) in [6.07, 6.45) is 0. The van der Waals surface area contributed by atoms with Gasteiger partial charge in [-0.25, -0.2) is 9.78 Å². The Morgan fingerprint density at radius 3 is 2.47 bits per heavy atom. The molecule has 0 fully saturated rings. The molecule has 0 spiro atoms. The Morgan fingerprint density at radius 2 is 1.95 bits per heavy atom. The second-order valence-corrected chi connectivity index (χ2v) is 4.64. The summed E-state index contributed by atoms with van der Waals surface area (Å²) >= 11 is 0. The van der Waals surface area contributed by atoms with E-state index in [1.165, 1.54) is 0 Å². The van der Waals surface area contributed by atoms with Gasteiger partial charge in [0.25, 0.3) is 0 Å². The number of aromatic nitrogens is 1. The van der Waals surface area contributed by atoms with Crippen molar-refractivity contribution < 1.29 is 14.3 Å². The lowest BCUT2D eigenvalue weighted by Gasteiger charge is -2.05. The van der Waals surface area contributed by atoms with Crippen LogP contribution in [0, 0.1) is 6.92 Å². The van der Waals surface area contributed by atoms with Crippen molar-refractivity contribution in [1.82, 2.24) is 9.88 Å². The predicted octanol–water partition coefficient (Wildman–Crippen LogP) is 2.41. The minimum Gasteiger partial charge on any atom is -0.478 e. The van der Waals surface area contributed by atoms with E-state index < -0.39 is 5.97 Å². The van der Waals surface area contributed by atoms with Crippen LogP contribution in [0.2, 0.25) is 0 Å². The van der Waals surface area contributed by atoms with Crippen molar-refractivity contribution in [3.05, 3.63) is 41.3 Å². The van der Waals surface area contributed by atoms with E-state index in [9.17, 15) is 4.79 Å². The average Bonchev–Trinajstić information content (AvgIpc) is 2.70. The average molecular weight is 260 g/mol. The van der Waals surface area contributed by atoms with E-state index in [1.54, 1.807) is 24.3 Å². The van der Waals surface area contributed by atoms with Crippen molar-refractivity contribution in [1.29, 1.82) is 0 Å². The number of carboxylic acids is 1. The van der Waals surface area contributed by atoms with Crippen molar-refractivity contribution in [2.24, 2.45) is 0 Å². The van der Waals surface area contributed by atoms with Gasteiger partial charge in [0.1, 0.15) is 5.76 Å². The van der Waals surface area contributed by atoms with Crippen LogP contribution in [-0.2, 0) is 6.54 Å². The Bertz CT molecular complexity index is 585. The third-order valence-electron chi connectivity index (χ3n) is 2.74. The molecular weight excluding hydrogens is 244 g/mol. The van der Waals surface area contributed by atoms with E-state index in [0.29, 0.717) is 12.4 Å². The molecule has 0 saturated heterocycles. The fraction of sp³-hybridized carbons (Fsp3) is 0.286. The summed E-state index contributed by atoms with van der Waals surface area (Å²) in [5.41, 5.74) is 1.92. The molecule has 0 saturated carbocycles. The number of nitrogens with zero attached hydrogens (tertiary/aromatic N) is 2. The number of benzene rings is 1. The molecule has 0 amide bonds. The standard InChI is InChI=1S/C14H16N2O3/c1-9-12(8-16(2)3)15-13(19-9)10-4-6-11(7-5-10)14(17)18/h4-7H,8H2,1-3H3,(H,17,18). The topological polar surface area (TPSA) is 66.6 Å². The Hall–Kier alpha value is -2.14. The number of aryl methyl sites for hydroxylation is 1. The highest BCUT2D eigenvalue weighted by molar-refractivity contribution is 5.88. The monoisotopic (exact) mass is 260 g/mol. The SMILES string of the molecule is Cc1oc(-c2ccc(C(=O)O)cc2)nc1CN(C)C. The first-order chi connectivity index (χ1) is 8.97. The maximum Gasteiger partial charge on any atom is 0.335 e. The Balaban J connectivity index is 2.29. The molecule has 0 atom stereocenters. The molecule has 1 aromatic heterocycles. The van der Waals surface area contributed by atoms with Crippen LogP contribution in [0.1, 0.15) is 21.8 Å². The van der Waals surface area contributed by atoms with Gasteiger partial charge in [0, 0.05) is 12.1 Å². The van der Waals surface area contributed by atoms with Crippen LogP contribution in [0.4, 0.5) is 0 Å². The van der Waals surface area contributed by atoms with Crippen molar-refractivity contribution in [2.75, 3.05) is 14.1 Å². The van der Waals surface area contributed by atoms with Crippen LogP contribution in [0.25, 0.3) is 11.5 Å². The van der Waals surface area contributed by atoms with Gasteiger partial charge < -0.3 is 14.4 Å². The van der Waals surface area contributed by atoms with E-state index in [-0.39, 0.29) is 5.56 Å². The van der Waals surface area contributed by atoms with Gasteiger partial charge in [-0.05, 0) is 45.3 Å². The van der Waals surface area contributed by atoms with Crippen LogP contribution in [0.15, 0.2) is 28.7 Å². The van der Waals surface area contributed by atoms with Crippen molar-refractivity contribution in [3.63, 3.8) is 0 Å². The Labute approximate surface area is 111 Å². The van der Waals surface area contributed by atoms with Crippen LogP contribution >= 0.6 is 0 Å². The van der Waals surface area contributed by atoms with Gasteiger partial charge in [0.2, 0.25) is 5.89 Å². The Morgan fingerprint density at radius 1 is 1.32 bits per heavy atom. The van der Waals surface area contributed by atoms with Crippen LogP contribution in [0.5, 0.6) is 0 Å². The predicted molar refractivity (Wildman–Crippen MR) is 71.0 cm³/mol. The molecule has 0 radical (unpaired) electrons. The molecule has 5 heteroatoms. The first-order valence-corrected chi connectivity index (χ1v) is 5.92. The van der Waals surface area contributed by atoms with Gasteiger partial charge in [-0.1, -0.05) is 0 Å². The number of oxazole rings is 1. The molecule has 2 rings (SSSR count). The van der Waals surface area contributed by atoms with Crippen LogP contribution < -0.4 is 0 Å². The molecular formula is C14H16N2O3. The molecule has 1 N–H and O–H groups in total. The van der Waals surface area contributed by atoms with Crippen molar-refractivity contribution >= 4 is 5.97 Å². The van der Waals surface area contributed by atoms with Gasteiger partial charge in [0.05, 0.1) is 11.3 Å². The molecule has 1 aromatic carbocycles. The number of hydrogen-bond donors (Lipinski definition) is 1. The Kier molecular flexibility index (Phi) is 3.66. The van der Waals surface area contributed by atoms with E-state index in [0.717, 1.165) is 17.0 Å². The fourth-order valence-corrected chi connectivity index (χ4v) is 1.75. The van der Waals surface area contributed by atoms with Gasteiger partial charge in [0.15, 0.2) is 0 Å². The van der Waals surface area contributed by atoms with Crippen molar-refractivity contribution in [2.45, 2.75) is 13.5 Å². The van der Waals surface area contributed by atoms with E-state index in [4.69, 9.17) is 9.52 Å². The maximum absolute atomic E-state index is 10.8. The molecule has 2 aromatic rings. The van der Waals surface area contributed by atoms with Gasteiger partial charge >= 0.3 is 5.97 Å². The summed E-state index contributed by atoms with van der Waals surface area (Å²) in [7, 11) is 3.94. The summed E-state index contributed by atoms with van der Waals surface area (Å²) in [5.74, 6) is 0.362. The van der Waals surface area contributed by atoms with Gasteiger partial charge in [-0.15, -0.1) is 0 Å². The fourth-order valence-electron chi connectivity index (χ4n) is 1.75. The quantitative estimate of drug-likeness (QED) is 0.914. The van der Waals surface area contributed by atoms with Crippen LogP contribution in [0.3, 0.4) is 0 Å².